The summed E-state index contributed by atoms with van der Waals surface area (Å²) in [6, 6.07) is 4.76. The number of halogens is 1. The second-order valence-corrected chi connectivity index (χ2v) is 2.74. The highest BCUT2D eigenvalue weighted by atomic mass is 19.1. The maximum atomic E-state index is 13.2. The highest BCUT2D eigenvalue weighted by Crippen LogP contribution is 2.09. The monoisotopic (exact) mass is 194 g/mol. The van der Waals surface area contributed by atoms with Gasteiger partial charge in [0, 0.05) is 5.56 Å². The molecule has 1 aromatic rings. The number of hydrogen-bond acceptors (Lipinski definition) is 2. The van der Waals surface area contributed by atoms with E-state index in [1.807, 2.05) is 0 Å². The molecule has 0 saturated carbocycles. The van der Waals surface area contributed by atoms with Crippen molar-refractivity contribution in [3.63, 3.8) is 0 Å². The Balaban J connectivity index is 2.97. The fraction of sp³-hybridized carbons (Fsp3) is 0.111. The van der Waals surface area contributed by atoms with E-state index >= 15 is 0 Å². The lowest BCUT2D eigenvalue weighted by atomic mass is 10.1. The molecule has 74 valence electrons. The van der Waals surface area contributed by atoms with Crippen LogP contribution in [-0.2, 0) is 0 Å². The average Bonchev–Trinajstić information content (AvgIpc) is 2.09. The number of hydrogen-bond donors (Lipinski definition) is 2. The third kappa shape index (κ3) is 2.55. The summed E-state index contributed by atoms with van der Waals surface area (Å²) in [5, 5.41) is 6.91. The molecule has 5 heteroatoms. The second-order valence-electron chi connectivity index (χ2n) is 2.74. The van der Waals surface area contributed by atoms with E-state index in [-0.39, 0.29) is 11.8 Å². The van der Waals surface area contributed by atoms with Crippen molar-refractivity contribution in [2.24, 2.45) is 21.7 Å². The predicted octanol–water partition coefficient (Wildman–Crippen LogP) is 0.741. The zero-order chi connectivity index (χ0) is 10.6. The van der Waals surface area contributed by atoms with Gasteiger partial charge in [-0.1, -0.05) is 12.1 Å². The lowest BCUT2D eigenvalue weighted by Crippen LogP contribution is -2.21. The molecule has 0 radical (unpaired) electrons. The standard InChI is InChI=1S/C9H11FN4/c1-6-3-2-4-8(10)7(6)5-13-14-9(11)12/h2-5H,1H3,(H4,11,12,14). The third-order valence-electron chi connectivity index (χ3n) is 1.63. The Morgan fingerprint density at radius 1 is 1.43 bits per heavy atom. The van der Waals surface area contributed by atoms with Gasteiger partial charge in [-0.15, -0.1) is 5.10 Å². The van der Waals surface area contributed by atoms with E-state index in [4.69, 9.17) is 11.5 Å². The predicted molar refractivity (Wildman–Crippen MR) is 54.5 cm³/mol. The summed E-state index contributed by atoms with van der Waals surface area (Å²) in [6.07, 6.45) is 1.28. The van der Waals surface area contributed by atoms with E-state index in [0.717, 1.165) is 5.56 Å². The van der Waals surface area contributed by atoms with Gasteiger partial charge in [0.05, 0.1) is 6.21 Å². The molecule has 0 atom stereocenters. The number of nitrogens with zero attached hydrogens (tertiary/aromatic N) is 2. The molecule has 0 heterocycles. The third-order valence-corrected chi connectivity index (χ3v) is 1.63. The van der Waals surface area contributed by atoms with Crippen molar-refractivity contribution in [3.8, 4) is 0 Å². The van der Waals surface area contributed by atoms with E-state index < -0.39 is 0 Å². The van der Waals surface area contributed by atoms with Crippen molar-refractivity contribution < 1.29 is 4.39 Å². The molecule has 0 unspecified atom stereocenters. The van der Waals surface area contributed by atoms with Crippen LogP contribution in [0.25, 0.3) is 0 Å². The fourth-order valence-corrected chi connectivity index (χ4v) is 0.962. The van der Waals surface area contributed by atoms with Crippen LogP contribution in [0.2, 0.25) is 0 Å². The summed E-state index contributed by atoms with van der Waals surface area (Å²) in [6.45, 7) is 1.78. The van der Waals surface area contributed by atoms with Crippen LogP contribution in [0, 0.1) is 12.7 Å². The Labute approximate surface area is 81.1 Å². The molecule has 0 saturated heterocycles. The highest BCUT2D eigenvalue weighted by molar-refractivity contribution is 5.83. The molecule has 0 amide bonds. The highest BCUT2D eigenvalue weighted by Gasteiger charge is 2.00. The van der Waals surface area contributed by atoms with E-state index in [9.17, 15) is 4.39 Å². The quantitative estimate of drug-likeness (QED) is 0.414. The number of aryl methyl sites for hydroxylation is 1. The van der Waals surface area contributed by atoms with Crippen molar-refractivity contribution in [1.29, 1.82) is 0 Å². The van der Waals surface area contributed by atoms with Gasteiger partial charge in [-0.25, -0.2) is 4.39 Å². The summed E-state index contributed by atoms with van der Waals surface area (Å²) in [5.74, 6) is -0.505. The number of nitrogens with two attached hydrogens (primary N) is 2. The summed E-state index contributed by atoms with van der Waals surface area (Å²) in [5.41, 5.74) is 11.3. The van der Waals surface area contributed by atoms with Gasteiger partial charge < -0.3 is 11.5 Å². The minimum Gasteiger partial charge on any atom is -0.369 e. The van der Waals surface area contributed by atoms with Gasteiger partial charge >= 0.3 is 0 Å². The minimum absolute atomic E-state index is 0.157. The van der Waals surface area contributed by atoms with Crippen molar-refractivity contribution in [2.75, 3.05) is 0 Å². The molecule has 0 aliphatic heterocycles. The molecule has 1 aromatic carbocycles. The Hall–Kier alpha value is -1.91. The summed E-state index contributed by atoms with van der Waals surface area (Å²) < 4.78 is 13.2. The zero-order valence-corrected chi connectivity index (χ0v) is 7.74. The second kappa shape index (κ2) is 4.36. The van der Waals surface area contributed by atoms with Crippen molar-refractivity contribution >= 4 is 12.2 Å². The molecule has 0 fully saturated rings. The molecule has 0 aliphatic rings. The van der Waals surface area contributed by atoms with Crippen LogP contribution in [0.1, 0.15) is 11.1 Å². The summed E-state index contributed by atoms with van der Waals surface area (Å²) in [7, 11) is 0. The van der Waals surface area contributed by atoms with Gasteiger partial charge in [-0.05, 0) is 18.6 Å². The average molecular weight is 194 g/mol. The van der Waals surface area contributed by atoms with E-state index in [2.05, 4.69) is 10.2 Å². The summed E-state index contributed by atoms with van der Waals surface area (Å²) in [4.78, 5) is 0. The van der Waals surface area contributed by atoms with Crippen molar-refractivity contribution in [2.45, 2.75) is 6.92 Å². The van der Waals surface area contributed by atoms with Crippen LogP contribution in [0.4, 0.5) is 4.39 Å². The smallest absolute Gasteiger partial charge is 0.211 e. The molecule has 4 N–H and O–H groups in total. The van der Waals surface area contributed by atoms with E-state index in [1.54, 1.807) is 19.1 Å². The molecule has 0 aromatic heterocycles. The van der Waals surface area contributed by atoms with Gasteiger partial charge in [0.15, 0.2) is 0 Å². The van der Waals surface area contributed by atoms with Gasteiger partial charge in [0.25, 0.3) is 0 Å². The fourth-order valence-electron chi connectivity index (χ4n) is 0.962. The van der Waals surface area contributed by atoms with Crippen molar-refractivity contribution in [1.82, 2.24) is 0 Å². The van der Waals surface area contributed by atoms with E-state index in [1.165, 1.54) is 12.3 Å². The van der Waals surface area contributed by atoms with Crippen molar-refractivity contribution in [3.05, 3.63) is 35.1 Å². The summed E-state index contributed by atoms with van der Waals surface area (Å²) >= 11 is 0. The molecule has 0 spiro atoms. The van der Waals surface area contributed by atoms with Gasteiger partial charge in [-0.3, -0.25) is 0 Å². The zero-order valence-electron chi connectivity index (χ0n) is 7.74. The first-order valence-electron chi connectivity index (χ1n) is 3.98. The van der Waals surface area contributed by atoms with Gasteiger partial charge in [0.1, 0.15) is 5.82 Å². The van der Waals surface area contributed by atoms with Crippen LogP contribution < -0.4 is 11.5 Å². The molecule has 0 aliphatic carbocycles. The number of guanidine groups is 1. The largest absolute Gasteiger partial charge is 0.369 e. The first kappa shape index (κ1) is 10.2. The lowest BCUT2D eigenvalue weighted by Gasteiger charge is -1.99. The Bertz CT molecular complexity index is 360. The van der Waals surface area contributed by atoms with Crippen LogP contribution in [0.15, 0.2) is 28.4 Å². The Kier molecular flexibility index (Phi) is 3.17. The van der Waals surface area contributed by atoms with E-state index in [0.29, 0.717) is 5.56 Å². The van der Waals surface area contributed by atoms with Crippen LogP contribution >= 0.6 is 0 Å². The van der Waals surface area contributed by atoms with Gasteiger partial charge in [0.2, 0.25) is 5.96 Å². The molecule has 0 bridgehead atoms. The van der Waals surface area contributed by atoms with Crippen LogP contribution in [0.5, 0.6) is 0 Å². The maximum absolute atomic E-state index is 13.2. The normalized spacial score (nSPS) is 10.4. The SMILES string of the molecule is Cc1cccc(F)c1C=NN=C(N)N. The first-order chi connectivity index (χ1) is 6.61. The number of rotatable bonds is 2. The van der Waals surface area contributed by atoms with Crippen LogP contribution in [0.3, 0.4) is 0 Å². The molecular weight excluding hydrogens is 183 g/mol. The first-order valence-corrected chi connectivity index (χ1v) is 3.98. The molecule has 4 nitrogen and oxygen atoms in total. The topological polar surface area (TPSA) is 76.8 Å². The Morgan fingerprint density at radius 3 is 2.71 bits per heavy atom. The number of benzene rings is 1. The Morgan fingerprint density at radius 2 is 2.14 bits per heavy atom. The molecular formula is C9H11FN4. The minimum atomic E-state index is -0.348. The molecule has 14 heavy (non-hydrogen) atoms. The van der Waals surface area contributed by atoms with Crippen LogP contribution in [-0.4, -0.2) is 12.2 Å². The lowest BCUT2D eigenvalue weighted by molar-refractivity contribution is 0.624. The van der Waals surface area contributed by atoms with Gasteiger partial charge in [-0.2, -0.15) is 5.10 Å². The maximum Gasteiger partial charge on any atom is 0.211 e. The molecule has 1 rings (SSSR count).